The maximum absolute atomic E-state index is 12.9. The first-order valence-electron chi connectivity index (χ1n) is 13.7. The largest absolute Gasteiger partial charge is 0.490 e. The molecule has 0 aliphatic carbocycles. The van der Waals surface area contributed by atoms with Crippen molar-refractivity contribution in [2.45, 2.75) is 98.8 Å². The van der Waals surface area contributed by atoms with E-state index in [0.29, 0.717) is 17.7 Å². The van der Waals surface area contributed by atoms with Gasteiger partial charge in [-0.2, -0.15) is 0 Å². The number of carbonyl (C=O) groups is 1. The molecule has 0 atom stereocenters. The smallest absolute Gasteiger partial charge is 0.383 e. The number of rotatable bonds is 17. The first kappa shape index (κ1) is 30.2. The van der Waals surface area contributed by atoms with Gasteiger partial charge in [-0.1, -0.05) is 75.2 Å². The average Bonchev–Trinajstić information content (AvgIpc) is 2.84. The third-order valence-corrected chi connectivity index (χ3v) is 6.06. The van der Waals surface area contributed by atoms with Crippen molar-refractivity contribution in [3.8, 4) is 17.2 Å². The fourth-order valence-electron chi connectivity index (χ4n) is 4.01. The molecule has 0 aliphatic rings. The molecule has 1 heterocycles. The van der Waals surface area contributed by atoms with Crippen LogP contribution in [0.5, 0.6) is 17.2 Å². The van der Waals surface area contributed by atoms with E-state index in [0.717, 1.165) is 31.3 Å². The van der Waals surface area contributed by atoms with E-state index in [1.165, 1.54) is 51.0 Å². The second kappa shape index (κ2) is 16.7. The molecule has 0 radical (unpaired) electrons. The van der Waals surface area contributed by atoms with Crippen LogP contribution in [0.2, 0.25) is 0 Å². The molecule has 1 aromatic carbocycles. The zero-order chi connectivity index (χ0) is 27.0. The maximum atomic E-state index is 12.9. The van der Waals surface area contributed by atoms with Crippen LogP contribution in [0.3, 0.4) is 0 Å². The standard InChI is InChI=1S/C31H44O6/c1-6-7-8-9-10-11-12-13-21-34-27-19-15-18-26-28(27)37-31(33)30(29(26)36-25(5)32)35-22-20-24(4)17-14-16-23(2)3/h15-16,18-20H,6-14,17,21-22H2,1-5H3/b24-20+. The number of allylic oxidation sites excluding steroid dienone is 3. The van der Waals surface area contributed by atoms with Crippen LogP contribution in [0.1, 0.15) is 98.8 Å². The molecule has 6 heteroatoms. The Morgan fingerprint density at radius 2 is 1.59 bits per heavy atom. The van der Waals surface area contributed by atoms with Crippen molar-refractivity contribution in [2.75, 3.05) is 13.2 Å². The average molecular weight is 513 g/mol. The highest BCUT2D eigenvalue weighted by atomic mass is 16.6. The van der Waals surface area contributed by atoms with Gasteiger partial charge >= 0.3 is 11.6 Å². The Morgan fingerprint density at radius 1 is 0.892 bits per heavy atom. The van der Waals surface area contributed by atoms with Gasteiger partial charge in [0.1, 0.15) is 6.61 Å². The first-order chi connectivity index (χ1) is 17.8. The van der Waals surface area contributed by atoms with Crippen LogP contribution >= 0.6 is 0 Å². The molecule has 2 aromatic rings. The molecule has 0 amide bonds. The lowest BCUT2D eigenvalue weighted by molar-refractivity contribution is -0.131. The zero-order valence-electron chi connectivity index (χ0n) is 23.3. The van der Waals surface area contributed by atoms with Crippen LogP contribution < -0.4 is 19.8 Å². The summed E-state index contributed by atoms with van der Waals surface area (Å²) >= 11 is 0. The van der Waals surface area contributed by atoms with Crippen LogP contribution in [0.25, 0.3) is 11.0 Å². The van der Waals surface area contributed by atoms with Crippen molar-refractivity contribution in [3.63, 3.8) is 0 Å². The lowest BCUT2D eigenvalue weighted by atomic mass is 10.1. The minimum absolute atomic E-state index is 0.0619. The van der Waals surface area contributed by atoms with Gasteiger partial charge in [0.2, 0.25) is 5.75 Å². The van der Waals surface area contributed by atoms with Crippen molar-refractivity contribution in [1.82, 2.24) is 0 Å². The zero-order valence-corrected chi connectivity index (χ0v) is 23.3. The highest BCUT2D eigenvalue weighted by molar-refractivity contribution is 5.91. The predicted molar refractivity (Wildman–Crippen MR) is 150 cm³/mol. The van der Waals surface area contributed by atoms with Gasteiger partial charge in [-0.25, -0.2) is 4.79 Å². The van der Waals surface area contributed by atoms with Gasteiger partial charge in [-0.15, -0.1) is 0 Å². The molecule has 0 N–H and O–H groups in total. The SMILES string of the molecule is CCCCCCCCCCOc1cccc2c(OC(C)=O)c(OC/C=C(\C)CCC=C(C)C)c(=O)oc12. The second-order valence-corrected chi connectivity index (χ2v) is 9.78. The quantitative estimate of drug-likeness (QED) is 0.0918. The number of hydrogen-bond donors (Lipinski definition) is 0. The van der Waals surface area contributed by atoms with Gasteiger partial charge < -0.3 is 18.6 Å². The van der Waals surface area contributed by atoms with E-state index in [9.17, 15) is 9.59 Å². The summed E-state index contributed by atoms with van der Waals surface area (Å²) in [7, 11) is 0. The Labute approximate surface area is 221 Å². The molecule has 0 spiro atoms. The van der Waals surface area contributed by atoms with E-state index in [4.69, 9.17) is 18.6 Å². The van der Waals surface area contributed by atoms with Crippen molar-refractivity contribution in [3.05, 3.63) is 51.9 Å². The molecule has 2 rings (SSSR count). The molecule has 0 aliphatic heterocycles. The van der Waals surface area contributed by atoms with E-state index in [-0.39, 0.29) is 23.7 Å². The van der Waals surface area contributed by atoms with Gasteiger partial charge in [0.05, 0.1) is 12.0 Å². The fourth-order valence-corrected chi connectivity index (χ4v) is 4.01. The second-order valence-electron chi connectivity index (χ2n) is 9.78. The number of benzene rings is 1. The number of fused-ring (bicyclic) bond motifs is 1. The van der Waals surface area contributed by atoms with Gasteiger partial charge in [-0.05, 0) is 58.2 Å². The summed E-state index contributed by atoms with van der Waals surface area (Å²) in [5.41, 5.74) is 1.98. The maximum Gasteiger partial charge on any atom is 0.383 e. The molecule has 37 heavy (non-hydrogen) atoms. The molecular weight excluding hydrogens is 468 g/mol. The Morgan fingerprint density at radius 3 is 2.27 bits per heavy atom. The van der Waals surface area contributed by atoms with Gasteiger partial charge in [-0.3, -0.25) is 4.79 Å². The minimum Gasteiger partial charge on any atom is -0.490 e. The summed E-state index contributed by atoms with van der Waals surface area (Å²) in [4.78, 5) is 24.7. The molecule has 0 unspecified atom stereocenters. The van der Waals surface area contributed by atoms with Crippen molar-refractivity contribution in [1.29, 1.82) is 0 Å². The van der Waals surface area contributed by atoms with E-state index in [2.05, 4.69) is 26.8 Å². The molecule has 0 fully saturated rings. The molecule has 6 nitrogen and oxygen atoms in total. The molecule has 1 aromatic heterocycles. The number of ether oxygens (including phenoxy) is 3. The topological polar surface area (TPSA) is 75.0 Å². The summed E-state index contributed by atoms with van der Waals surface area (Å²) in [5, 5.41) is 0.461. The van der Waals surface area contributed by atoms with Gasteiger partial charge in [0, 0.05) is 6.92 Å². The van der Waals surface area contributed by atoms with Crippen LogP contribution in [0.4, 0.5) is 0 Å². The summed E-state index contributed by atoms with van der Waals surface area (Å²) in [5.74, 6) is -0.147. The highest BCUT2D eigenvalue weighted by Crippen LogP contribution is 2.37. The normalized spacial score (nSPS) is 11.4. The van der Waals surface area contributed by atoms with Crippen LogP contribution in [-0.2, 0) is 4.79 Å². The predicted octanol–water partition coefficient (Wildman–Crippen LogP) is 8.31. The lowest BCUT2D eigenvalue weighted by Crippen LogP contribution is -2.13. The summed E-state index contributed by atoms with van der Waals surface area (Å²) < 4.78 is 22.8. The Hall–Kier alpha value is -3.02. The van der Waals surface area contributed by atoms with Crippen molar-refractivity contribution in [2.24, 2.45) is 0 Å². The third kappa shape index (κ3) is 10.9. The van der Waals surface area contributed by atoms with Crippen LogP contribution in [-0.4, -0.2) is 19.2 Å². The number of esters is 1. The number of unbranched alkanes of at least 4 members (excludes halogenated alkanes) is 7. The van der Waals surface area contributed by atoms with Crippen LogP contribution in [0.15, 0.2) is 50.7 Å². The van der Waals surface area contributed by atoms with E-state index in [1.54, 1.807) is 18.2 Å². The lowest BCUT2D eigenvalue weighted by Gasteiger charge is -2.13. The first-order valence-corrected chi connectivity index (χ1v) is 13.7. The Balaban J connectivity index is 2.10. The summed E-state index contributed by atoms with van der Waals surface area (Å²) in [6.07, 6.45) is 15.6. The Bertz CT molecular complexity index is 1100. The van der Waals surface area contributed by atoms with Gasteiger partial charge in [0.15, 0.2) is 17.1 Å². The van der Waals surface area contributed by atoms with Crippen LogP contribution in [0, 0.1) is 0 Å². The molecule has 0 bridgehead atoms. The van der Waals surface area contributed by atoms with E-state index >= 15 is 0 Å². The molecular formula is C31H44O6. The fraction of sp³-hybridized carbons (Fsp3) is 0.548. The minimum atomic E-state index is -0.706. The third-order valence-electron chi connectivity index (χ3n) is 6.06. The van der Waals surface area contributed by atoms with E-state index in [1.807, 2.05) is 13.0 Å². The molecule has 0 saturated carbocycles. The Kier molecular flexibility index (Phi) is 13.6. The summed E-state index contributed by atoms with van der Waals surface area (Å²) in [6, 6.07) is 5.27. The van der Waals surface area contributed by atoms with Gasteiger partial charge in [0.25, 0.3) is 0 Å². The van der Waals surface area contributed by atoms with E-state index < -0.39 is 11.6 Å². The number of para-hydroxylation sites is 1. The number of hydrogen-bond acceptors (Lipinski definition) is 6. The summed E-state index contributed by atoms with van der Waals surface area (Å²) in [6.45, 7) is 10.4. The monoisotopic (exact) mass is 512 g/mol. The number of carbonyl (C=O) groups excluding carboxylic acids is 1. The van der Waals surface area contributed by atoms with Crippen molar-refractivity contribution < 1.29 is 23.4 Å². The highest BCUT2D eigenvalue weighted by Gasteiger charge is 2.21. The molecule has 204 valence electrons. The molecule has 0 saturated heterocycles. The van der Waals surface area contributed by atoms with Crippen molar-refractivity contribution >= 4 is 16.9 Å².